The number of hydrogen-bond acceptors (Lipinski definition) is 4. The average Bonchev–Trinajstić information content (AvgIpc) is 3.20. The Balaban J connectivity index is 1.65. The highest BCUT2D eigenvalue weighted by Crippen LogP contribution is 2.30. The second-order valence-corrected chi connectivity index (χ2v) is 6.77. The van der Waals surface area contributed by atoms with E-state index in [0.717, 1.165) is 20.8 Å². The van der Waals surface area contributed by atoms with Gasteiger partial charge in [0.2, 0.25) is 0 Å². The summed E-state index contributed by atoms with van der Waals surface area (Å²) in [6.45, 7) is 2.70. The Morgan fingerprint density at radius 2 is 2.08 bits per heavy atom. The number of aromatic nitrogens is 4. The van der Waals surface area contributed by atoms with E-state index < -0.39 is 0 Å². The first-order valence-corrected chi connectivity index (χ1v) is 8.58. The molecular weight excluding hydrogens is 320 g/mol. The maximum absolute atomic E-state index is 12.3. The first kappa shape index (κ1) is 14.8. The van der Waals surface area contributed by atoms with Crippen molar-refractivity contribution >= 4 is 21.6 Å². The molecule has 0 saturated heterocycles. The van der Waals surface area contributed by atoms with E-state index >= 15 is 0 Å². The summed E-state index contributed by atoms with van der Waals surface area (Å²) in [6, 6.07) is 12.0. The van der Waals surface area contributed by atoms with Gasteiger partial charge in [-0.25, -0.2) is 4.98 Å². The van der Waals surface area contributed by atoms with E-state index in [1.165, 1.54) is 0 Å². The van der Waals surface area contributed by atoms with Crippen molar-refractivity contribution in [2.24, 2.45) is 0 Å². The number of aromatic amines is 1. The van der Waals surface area contributed by atoms with Crippen LogP contribution < -0.4 is 5.56 Å². The number of thiophene rings is 1. The second-order valence-electron chi connectivity index (χ2n) is 5.74. The van der Waals surface area contributed by atoms with Gasteiger partial charge in [0.1, 0.15) is 10.7 Å². The zero-order valence-electron chi connectivity index (χ0n) is 13.2. The van der Waals surface area contributed by atoms with Crippen LogP contribution in [0.5, 0.6) is 0 Å². The summed E-state index contributed by atoms with van der Waals surface area (Å²) >= 11 is 1.55. The molecule has 1 aromatic carbocycles. The first-order chi connectivity index (χ1) is 11.7. The van der Waals surface area contributed by atoms with E-state index in [0.29, 0.717) is 24.2 Å². The molecule has 3 aromatic heterocycles. The van der Waals surface area contributed by atoms with Crippen molar-refractivity contribution in [3.8, 4) is 10.4 Å². The summed E-state index contributed by atoms with van der Waals surface area (Å²) in [5, 5.41) is 4.91. The van der Waals surface area contributed by atoms with Crippen LogP contribution in [0.25, 0.3) is 20.7 Å². The van der Waals surface area contributed by atoms with Crippen LogP contribution in [-0.4, -0.2) is 19.7 Å². The van der Waals surface area contributed by atoms with Crippen molar-refractivity contribution in [2.45, 2.75) is 19.9 Å². The Morgan fingerprint density at radius 1 is 1.25 bits per heavy atom. The molecule has 4 rings (SSSR count). The van der Waals surface area contributed by atoms with Crippen LogP contribution in [0.3, 0.4) is 0 Å². The number of H-pyrrole nitrogens is 1. The van der Waals surface area contributed by atoms with Gasteiger partial charge in [-0.3, -0.25) is 9.48 Å². The van der Waals surface area contributed by atoms with E-state index in [9.17, 15) is 4.79 Å². The Kier molecular flexibility index (Phi) is 3.74. The maximum atomic E-state index is 12.3. The second kappa shape index (κ2) is 6.05. The normalized spacial score (nSPS) is 11.2. The fourth-order valence-electron chi connectivity index (χ4n) is 2.65. The van der Waals surface area contributed by atoms with Crippen molar-refractivity contribution in [1.82, 2.24) is 19.7 Å². The van der Waals surface area contributed by atoms with Crippen molar-refractivity contribution in [3.63, 3.8) is 0 Å². The molecule has 0 fully saturated rings. The molecule has 0 amide bonds. The van der Waals surface area contributed by atoms with Gasteiger partial charge in [-0.1, -0.05) is 30.3 Å². The first-order valence-electron chi connectivity index (χ1n) is 7.76. The van der Waals surface area contributed by atoms with Crippen LogP contribution in [-0.2, 0) is 13.0 Å². The minimum absolute atomic E-state index is 0.0786. The molecule has 0 unspecified atom stereocenters. The van der Waals surface area contributed by atoms with E-state index in [4.69, 9.17) is 0 Å². The monoisotopic (exact) mass is 336 g/mol. The molecule has 0 aliphatic rings. The van der Waals surface area contributed by atoms with Crippen LogP contribution in [0.2, 0.25) is 0 Å². The Bertz CT molecular complexity index is 1050. The number of aryl methyl sites for hydroxylation is 3. The molecule has 0 bridgehead atoms. The van der Waals surface area contributed by atoms with Gasteiger partial charge >= 0.3 is 0 Å². The molecule has 5 nitrogen and oxygen atoms in total. The molecule has 3 heterocycles. The van der Waals surface area contributed by atoms with Gasteiger partial charge in [-0.2, -0.15) is 5.10 Å². The fraction of sp³-hybridized carbons (Fsp3) is 0.167. The molecule has 4 aromatic rings. The van der Waals surface area contributed by atoms with Crippen molar-refractivity contribution in [3.05, 3.63) is 70.5 Å². The number of hydrogen-bond donors (Lipinski definition) is 1. The maximum Gasteiger partial charge on any atom is 0.259 e. The molecule has 0 aliphatic heterocycles. The molecule has 0 radical (unpaired) electrons. The van der Waals surface area contributed by atoms with Crippen molar-refractivity contribution in [2.75, 3.05) is 0 Å². The van der Waals surface area contributed by atoms with Gasteiger partial charge in [0.05, 0.1) is 11.6 Å². The third-order valence-corrected chi connectivity index (χ3v) is 4.93. The highest BCUT2D eigenvalue weighted by molar-refractivity contribution is 7.21. The van der Waals surface area contributed by atoms with Gasteiger partial charge in [-0.15, -0.1) is 11.3 Å². The third-order valence-electron chi connectivity index (χ3n) is 3.85. The highest BCUT2D eigenvalue weighted by atomic mass is 32.1. The van der Waals surface area contributed by atoms with E-state index in [-0.39, 0.29) is 5.56 Å². The molecular formula is C18H16N4OS. The smallest absolute Gasteiger partial charge is 0.259 e. The summed E-state index contributed by atoms with van der Waals surface area (Å²) in [7, 11) is 0. The lowest BCUT2D eigenvalue weighted by Crippen LogP contribution is -2.13. The molecule has 120 valence electrons. The van der Waals surface area contributed by atoms with E-state index in [1.807, 2.05) is 60.4 Å². The minimum Gasteiger partial charge on any atom is -0.310 e. The predicted octanol–water partition coefficient (Wildman–Crippen LogP) is 3.40. The summed E-state index contributed by atoms with van der Waals surface area (Å²) < 4.78 is 1.86. The lowest BCUT2D eigenvalue weighted by molar-refractivity contribution is 0.600. The van der Waals surface area contributed by atoms with Crippen LogP contribution in [0.1, 0.15) is 11.4 Å². The Morgan fingerprint density at radius 3 is 2.83 bits per heavy atom. The molecule has 0 spiro atoms. The van der Waals surface area contributed by atoms with Gasteiger partial charge < -0.3 is 4.98 Å². The molecule has 0 aliphatic carbocycles. The molecule has 0 saturated carbocycles. The summed E-state index contributed by atoms with van der Waals surface area (Å²) in [5.74, 6) is 0.696. The van der Waals surface area contributed by atoms with E-state index in [1.54, 1.807) is 11.3 Å². The summed E-state index contributed by atoms with van der Waals surface area (Å²) in [4.78, 5) is 21.7. The van der Waals surface area contributed by atoms with Gasteiger partial charge in [0.15, 0.2) is 0 Å². The Hall–Kier alpha value is -2.73. The van der Waals surface area contributed by atoms with E-state index in [2.05, 4.69) is 15.1 Å². The fourth-order valence-corrected chi connectivity index (χ4v) is 3.71. The van der Waals surface area contributed by atoms with Gasteiger partial charge in [0.25, 0.3) is 5.56 Å². The zero-order valence-corrected chi connectivity index (χ0v) is 14.0. The average molecular weight is 336 g/mol. The van der Waals surface area contributed by atoms with Crippen molar-refractivity contribution < 1.29 is 0 Å². The zero-order chi connectivity index (χ0) is 16.5. The highest BCUT2D eigenvalue weighted by Gasteiger charge is 2.10. The standard InChI is InChI=1S/C18H16N4OS/c1-12-10-19-22(11-12)8-7-16-20-17(23)14-9-15(24-18(14)21-16)13-5-3-2-4-6-13/h2-6,9-11H,7-8H2,1H3,(H,20,21,23). The largest absolute Gasteiger partial charge is 0.310 e. The molecule has 24 heavy (non-hydrogen) atoms. The topological polar surface area (TPSA) is 63.6 Å². The number of nitrogens with zero attached hydrogens (tertiary/aromatic N) is 3. The lowest BCUT2D eigenvalue weighted by Gasteiger charge is -2.01. The molecule has 1 N–H and O–H groups in total. The number of fused-ring (bicyclic) bond motifs is 1. The predicted molar refractivity (Wildman–Crippen MR) is 96.3 cm³/mol. The third kappa shape index (κ3) is 2.88. The summed E-state index contributed by atoms with van der Waals surface area (Å²) in [6.07, 6.45) is 4.45. The van der Waals surface area contributed by atoms with Gasteiger partial charge in [0, 0.05) is 24.0 Å². The SMILES string of the molecule is Cc1cnn(CCc2nc3sc(-c4ccccc4)cc3c(=O)[nH]2)c1. The van der Waals surface area contributed by atoms with Crippen LogP contribution in [0.15, 0.2) is 53.6 Å². The number of nitrogens with one attached hydrogen (secondary N) is 1. The van der Waals surface area contributed by atoms with Crippen LogP contribution in [0.4, 0.5) is 0 Å². The molecule has 6 heteroatoms. The van der Waals surface area contributed by atoms with Gasteiger partial charge in [-0.05, 0) is 24.1 Å². The van der Waals surface area contributed by atoms with Crippen molar-refractivity contribution in [1.29, 1.82) is 0 Å². The Labute approximate surface area is 142 Å². The number of rotatable bonds is 4. The quantitative estimate of drug-likeness (QED) is 0.621. The lowest BCUT2D eigenvalue weighted by atomic mass is 10.2. The van der Waals surface area contributed by atoms with Crippen LogP contribution >= 0.6 is 11.3 Å². The molecule has 0 atom stereocenters. The summed E-state index contributed by atoms with van der Waals surface area (Å²) in [5.41, 5.74) is 2.15. The minimum atomic E-state index is -0.0786. The van der Waals surface area contributed by atoms with Crippen LogP contribution in [0, 0.1) is 6.92 Å². The number of benzene rings is 1.